The van der Waals surface area contributed by atoms with Crippen molar-refractivity contribution in [2.75, 3.05) is 10.6 Å². The summed E-state index contributed by atoms with van der Waals surface area (Å²) in [6, 6.07) is 7.36. The van der Waals surface area contributed by atoms with Crippen LogP contribution in [0.4, 0.5) is 30.6 Å². The van der Waals surface area contributed by atoms with Gasteiger partial charge in [0.05, 0.1) is 5.69 Å². The highest BCUT2D eigenvalue weighted by atomic mass is 19.2. The van der Waals surface area contributed by atoms with Crippen LogP contribution in [0.15, 0.2) is 42.7 Å². The van der Waals surface area contributed by atoms with Gasteiger partial charge in [-0.25, -0.2) is 18.2 Å². The smallest absolute Gasteiger partial charge is 0.229 e. The summed E-state index contributed by atoms with van der Waals surface area (Å²) in [6.07, 6.45) is 3.40. The molecular weight excluding hydrogens is 331 g/mol. The van der Waals surface area contributed by atoms with E-state index >= 15 is 0 Å². The minimum absolute atomic E-state index is 0.0681. The van der Waals surface area contributed by atoms with Crippen molar-refractivity contribution >= 4 is 17.5 Å². The fourth-order valence-electron chi connectivity index (χ4n) is 2.15. The molecule has 0 aliphatic carbocycles. The Morgan fingerprint density at radius 1 is 1.04 bits per heavy atom. The van der Waals surface area contributed by atoms with Crippen LogP contribution in [0.1, 0.15) is 11.3 Å². The molecule has 5 nitrogen and oxygen atoms in total. The maximum absolute atomic E-state index is 13.8. The van der Waals surface area contributed by atoms with Crippen LogP contribution in [0.3, 0.4) is 0 Å². The molecule has 0 radical (unpaired) electrons. The first-order chi connectivity index (χ1) is 12.0. The lowest BCUT2D eigenvalue weighted by Gasteiger charge is -2.11. The van der Waals surface area contributed by atoms with Crippen LogP contribution < -0.4 is 10.6 Å². The monoisotopic (exact) mass is 345 g/mol. The van der Waals surface area contributed by atoms with Crippen LogP contribution in [-0.4, -0.2) is 15.0 Å². The number of hydrogen-bond acceptors (Lipinski definition) is 5. The lowest BCUT2D eigenvalue weighted by atomic mass is 10.3. The van der Waals surface area contributed by atoms with E-state index in [0.29, 0.717) is 18.1 Å². The molecule has 0 saturated heterocycles. The van der Waals surface area contributed by atoms with E-state index in [1.54, 1.807) is 25.4 Å². The summed E-state index contributed by atoms with van der Waals surface area (Å²) in [7, 11) is 0. The molecule has 2 heterocycles. The molecule has 0 fully saturated rings. The third kappa shape index (κ3) is 4.03. The second-order valence-corrected chi connectivity index (χ2v) is 5.28. The second-order valence-electron chi connectivity index (χ2n) is 5.28. The summed E-state index contributed by atoms with van der Waals surface area (Å²) in [4.78, 5) is 12.3. The molecule has 0 aliphatic rings. The van der Waals surface area contributed by atoms with E-state index in [-0.39, 0.29) is 11.6 Å². The molecule has 3 rings (SSSR count). The Kier molecular flexibility index (Phi) is 4.78. The molecule has 0 saturated carbocycles. The van der Waals surface area contributed by atoms with Gasteiger partial charge in [0.1, 0.15) is 5.82 Å². The fraction of sp³-hybridized carbons (Fsp3) is 0.118. The molecule has 1 aromatic carbocycles. The molecule has 0 bridgehead atoms. The Morgan fingerprint density at radius 3 is 2.64 bits per heavy atom. The van der Waals surface area contributed by atoms with E-state index in [1.807, 2.05) is 12.1 Å². The van der Waals surface area contributed by atoms with Crippen LogP contribution >= 0.6 is 0 Å². The first-order valence-electron chi connectivity index (χ1n) is 7.42. The van der Waals surface area contributed by atoms with Crippen LogP contribution in [0, 0.1) is 24.4 Å². The Bertz CT molecular complexity index is 887. The summed E-state index contributed by atoms with van der Waals surface area (Å²) >= 11 is 0. The number of nitrogens with one attached hydrogen (secondary N) is 2. The van der Waals surface area contributed by atoms with Crippen LogP contribution in [0.2, 0.25) is 0 Å². The predicted octanol–water partition coefficient (Wildman–Crippen LogP) is 3.95. The summed E-state index contributed by atoms with van der Waals surface area (Å²) in [6.45, 7) is 2.23. The van der Waals surface area contributed by atoms with Gasteiger partial charge in [-0.15, -0.1) is 0 Å². The summed E-state index contributed by atoms with van der Waals surface area (Å²) in [5, 5.41) is 5.67. The largest absolute Gasteiger partial charge is 0.366 e. The first-order valence-corrected chi connectivity index (χ1v) is 7.42. The molecule has 0 unspecified atom stereocenters. The number of aryl methyl sites for hydroxylation is 1. The molecule has 0 atom stereocenters. The van der Waals surface area contributed by atoms with Crippen molar-refractivity contribution in [2.24, 2.45) is 0 Å². The Labute approximate surface area is 142 Å². The van der Waals surface area contributed by atoms with Crippen molar-refractivity contribution in [3.63, 3.8) is 0 Å². The van der Waals surface area contributed by atoms with Crippen LogP contribution in [0.5, 0.6) is 0 Å². The highest BCUT2D eigenvalue weighted by molar-refractivity contribution is 5.56. The van der Waals surface area contributed by atoms with Crippen molar-refractivity contribution in [1.29, 1.82) is 0 Å². The lowest BCUT2D eigenvalue weighted by Crippen LogP contribution is -2.07. The molecule has 8 heteroatoms. The number of nitrogens with zero attached hydrogens (tertiary/aromatic N) is 3. The van der Waals surface area contributed by atoms with Gasteiger partial charge in [0, 0.05) is 30.7 Å². The normalized spacial score (nSPS) is 10.6. The number of pyridine rings is 1. The number of rotatable bonds is 5. The van der Waals surface area contributed by atoms with E-state index in [9.17, 15) is 13.2 Å². The maximum Gasteiger partial charge on any atom is 0.229 e. The van der Waals surface area contributed by atoms with E-state index in [1.165, 1.54) is 0 Å². The van der Waals surface area contributed by atoms with Gasteiger partial charge >= 0.3 is 0 Å². The topological polar surface area (TPSA) is 62.7 Å². The number of hydrogen-bond donors (Lipinski definition) is 2. The zero-order valence-corrected chi connectivity index (χ0v) is 13.2. The Morgan fingerprint density at radius 2 is 1.88 bits per heavy atom. The maximum atomic E-state index is 13.8. The van der Waals surface area contributed by atoms with Crippen molar-refractivity contribution < 1.29 is 13.2 Å². The molecule has 0 aliphatic heterocycles. The average Bonchev–Trinajstić information content (AvgIpc) is 2.61. The highest BCUT2D eigenvalue weighted by Crippen LogP contribution is 2.23. The van der Waals surface area contributed by atoms with Crippen molar-refractivity contribution in [3.8, 4) is 0 Å². The van der Waals surface area contributed by atoms with Gasteiger partial charge in [-0.2, -0.15) is 4.98 Å². The fourth-order valence-corrected chi connectivity index (χ4v) is 2.15. The molecule has 2 N–H and O–H groups in total. The van der Waals surface area contributed by atoms with Gasteiger partial charge in [-0.3, -0.25) is 4.98 Å². The predicted molar refractivity (Wildman–Crippen MR) is 87.9 cm³/mol. The van der Waals surface area contributed by atoms with Gasteiger partial charge in [0.2, 0.25) is 5.95 Å². The van der Waals surface area contributed by atoms with E-state index in [2.05, 4.69) is 25.6 Å². The first kappa shape index (κ1) is 16.7. The van der Waals surface area contributed by atoms with E-state index in [0.717, 1.165) is 17.7 Å². The minimum Gasteiger partial charge on any atom is -0.366 e. The molecule has 0 amide bonds. The molecule has 25 heavy (non-hydrogen) atoms. The standard InChI is InChI=1S/C17H14F3N5/c1-10-7-14(22-9-11-3-2-6-21-8-11)25-17(23-10)24-13-5-4-12(18)15(19)16(13)20/h2-8H,9H2,1H3,(H2,22,23,24,25). The molecule has 2 aromatic heterocycles. The average molecular weight is 345 g/mol. The summed E-state index contributed by atoms with van der Waals surface area (Å²) in [5.41, 5.74) is 1.33. The minimum atomic E-state index is -1.55. The van der Waals surface area contributed by atoms with Crippen molar-refractivity contribution in [3.05, 3.63) is 71.4 Å². The number of anilines is 3. The van der Waals surface area contributed by atoms with Gasteiger partial charge in [0.25, 0.3) is 0 Å². The SMILES string of the molecule is Cc1cc(NCc2cccnc2)nc(Nc2ccc(F)c(F)c2F)n1. The van der Waals surface area contributed by atoms with Crippen molar-refractivity contribution in [2.45, 2.75) is 13.5 Å². The molecular formula is C17H14F3N5. The van der Waals surface area contributed by atoms with E-state index in [4.69, 9.17) is 0 Å². The third-order valence-corrected chi connectivity index (χ3v) is 3.33. The lowest BCUT2D eigenvalue weighted by molar-refractivity contribution is 0.449. The third-order valence-electron chi connectivity index (χ3n) is 3.33. The van der Waals surface area contributed by atoms with Gasteiger partial charge < -0.3 is 10.6 Å². The van der Waals surface area contributed by atoms with E-state index < -0.39 is 17.5 Å². The second kappa shape index (κ2) is 7.16. The van der Waals surface area contributed by atoms with Crippen molar-refractivity contribution in [1.82, 2.24) is 15.0 Å². The van der Waals surface area contributed by atoms with Crippen LogP contribution in [0.25, 0.3) is 0 Å². The number of aromatic nitrogens is 3. The summed E-state index contributed by atoms with van der Waals surface area (Å²) in [5.74, 6) is -3.56. The quantitative estimate of drug-likeness (QED) is 0.686. The zero-order chi connectivity index (χ0) is 17.8. The Balaban J connectivity index is 1.79. The number of halogens is 3. The molecule has 3 aromatic rings. The number of benzene rings is 1. The molecule has 128 valence electrons. The highest BCUT2D eigenvalue weighted by Gasteiger charge is 2.14. The zero-order valence-electron chi connectivity index (χ0n) is 13.2. The molecule has 0 spiro atoms. The van der Waals surface area contributed by atoms with Crippen LogP contribution in [-0.2, 0) is 6.54 Å². The van der Waals surface area contributed by atoms with Gasteiger partial charge in [0.15, 0.2) is 17.5 Å². The van der Waals surface area contributed by atoms with Gasteiger partial charge in [-0.1, -0.05) is 6.07 Å². The van der Waals surface area contributed by atoms with Gasteiger partial charge in [-0.05, 0) is 30.7 Å². The summed E-state index contributed by atoms with van der Waals surface area (Å²) < 4.78 is 40.1. The Hall–Kier alpha value is -3.16.